The zero-order chi connectivity index (χ0) is 9.97. The molecule has 2 aliphatic rings. The largest absolute Gasteiger partial charge is 0.481 e. The van der Waals surface area contributed by atoms with Crippen LogP contribution in [0.1, 0.15) is 6.42 Å². The van der Waals surface area contributed by atoms with Crippen molar-refractivity contribution in [3.8, 4) is 0 Å². The van der Waals surface area contributed by atoms with Gasteiger partial charge in [0.15, 0.2) is 0 Å². The summed E-state index contributed by atoms with van der Waals surface area (Å²) < 4.78 is 0. The standard InChI is InChI=1S/C11H10O2S/c12-11(13)7-9-6-8-4-2-1-3-5-10(8)14-9/h1-6,9H,7H2,(H,12,13). The first kappa shape index (κ1) is 9.34. The van der Waals surface area contributed by atoms with Crippen molar-refractivity contribution in [1.82, 2.24) is 0 Å². The minimum atomic E-state index is -0.740. The van der Waals surface area contributed by atoms with E-state index in [9.17, 15) is 4.79 Å². The van der Waals surface area contributed by atoms with Gasteiger partial charge < -0.3 is 5.11 Å². The summed E-state index contributed by atoms with van der Waals surface area (Å²) in [5, 5.41) is 8.76. The number of carboxylic acids is 1. The molecular weight excluding hydrogens is 196 g/mol. The van der Waals surface area contributed by atoms with Crippen molar-refractivity contribution < 1.29 is 9.90 Å². The Hall–Kier alpha value is -1.22. The highest BCUT2D eigenvalue weighted by atomic mass is 32.2. The van der Waals surface area contributed by atoms with Gasteiger partial charge >= 0.3 is 5.97 Å². The summed E-state index contributed by atoms with van der Waals surface area (Å²) >= 11 is 1.62. The van der Waals surface area contributed by atoms with Crippen LogP contribution < -0.4 is 0 Å². The maximum Gasteiger partial charge on any atom is 0.304 e. The molecule has 0 saturated heterocycles. The number of carbonyl (C=O) groups is 1. The molecule has 0 aromatic carbocycles. The van der Waals surface area contributed by atoms with Gasteiger partial charge in [-0.3, -0.25) is 4.79 Å². The molecule has 72 valence electrons. The molecule has 0 fully saturated rings. The van der Waals surface area contributed by atoms with Crippen LogP contribution in [-0.4, -0.2) is 16.3 Å². The van der Waals surface area contributed by atoms with Crippen LogP contribution in [0.25, 0.3) is 0 Å². The van der Waals surface area contributed by atoms with Crippen LogP contribution in [0.2, 0.25) is 0 Å². The van der Waals surface area contributed by atoms with E-state index in [1.165, 1.54) is 4.91 Å². The molecule has 0 radical (unpaired) electrons. The molecular formula is C11H10O2S. The predicted molar refractivity (Wildman–Crippen MR) is 58.1 cm³/mol. The zero-order valence-corrected chi connectivity index (χ0v) is 8.33. The van der Waals surface area contributed by atoms with Gasteiger partial charge in [-0.1, -0.05) is 30.4 Å². The number of aliphatic carboxylic acids is 1. The van der Waals surface area contributed by atoms with E-state index < -0.39 is 5.97 Å². The second kappa shape index (κ2) is 3.88. The van der Waals surface area contributed by atoms with E-state index in [-0.39, 0.29) is 11.7 Å². The molecule has 1 aliphatic carbocycles. The molecule has 1 unspecified atom stereocenters. The molecule has 2 rings (SSSR count). The second-order valence-electron chi connectivity index (χ2n) is 3.15. The molecule has 14 heavy (non-hydrogen) atoms. The van der Waals surface area contributed by atoms with Gasteiger partial charge in [-0.05, 0) is 11.6 Å². The van der Waals surface area contributed by atoms with Crippen LogP contribution in [0, 0.1) is 0 Å². The number of rotatable bonds is 2. The van der Waals surface area contributed by atoms with Crippen LogP contribution in [0.3, 0.4) is 0 Å². The minimum Gasteiger partial charge on any atom is -0.481 e. The molecule has 0 aromatic heterocycles. The van der Waals surface area contributed by atoms with E-state index in [1.54, 1.807) is 11.8 Å². The molecule has 1 aliphatic heterocycles. The Morgan fingerprint density at radius 1 is 1.43 bits per heavy atom. The van der Waals surface area contributed by atoms with Crippen molar-refractivity contribution in [3.63, 3.8) is 0 Å². The monoisotopic (exact) mass is 206 g/mol. The Kier molecular flexibility index (Phi) is 2.59. The smallest absolute Gasteiger partial charge is 0.304 e. The van der Waals surface area contributed by atoms with Crippen molar-refractivity contribution in [2.24, 2.45) is 0 Å². The summed E-state index contributed by atoms with van der Waals surface area (Å²) in [5.41, 5.74) is 1.14. The number of allylic oxidation sites excluding steroid dienone is 6. The SMILES string of the molecule is O=C(O)CC1C=C2C=CC=CC=C2S1. The molecule has 0 aromatic rings. The first-order valence-electron chi connectivity index (χ1n) is 4.41. The maximum absolute atomic E-state index is 10.5. The Labute approximate surface area is 86.7 Å². The summed E-state index contributed by atoms with van der Waals surface area (Å²) in [7, 11) is 0. The molecule has 0 saturated carbocycles. The first-order valence-corrected chi connectivity index (χ1v) is 5.29. The van der Waals surface area contributed by atoms with Gasteiger partial charge in [-0.25, -0.2) is 0 Å². The normalized spacial score (nSPS) is 23.9. The van der Waals surface area contributed by atoms with Gasteiger partial charge in [-0.2, -0.15) is 0 Å². The van der Waals surface area contributed by atoms with Gasteiger partial charge in [-0.15, -0.1) is 11.8 Å². The topological polar surface area (TPSA) is 37.3 Å². The van der Waals surface area contributed by atoms with Crippen LogP contribution in [0.5, 0.6) is 0 Å². The van der Waals surface area contributed by atoms with Crippen molar-refractivity contribution >= 4 is 17.7 Å². The van der Waals surface area contributed by atoms with Gasteiger partial charge in [0.1, 0.15) is 0 Å². The molecule has 0 amide bonds. The third-order valence-corrected chi connectivity index (χ3v) is 3.28. The lowest BCUT2D eigenvalue weighted by atomic mass is 10.2. The van der Waals surface area contributed by atoms with Crippen molar-refractivity contribution in [2.45, 2.75) is 11.7 Å². The van der Waals surface area contributed by atoms with Crippen LogP contribution in [0.4, 0.5) is 0 Å². The van der Waals surface area contributed by atoms with E-state index in [0.717, 1.165) is 5.57 Å². The van der Waals surface area contributed by atoms with Crippen molar-refractivity contribution in [2.75, 3.05) is 0 Å². The van der Waals surface area contributed by atoms with Gasteiger partial charge in [0.05, 0.1) is 6.42 Å². The predicted octanol–water partition coefficient (Wildman–Crippen LogP) is 2.51. The van der Waals surface area contributed by atoms with Crippen LogP contribution in [-0.2, 0) is 4.79 Å². The Morgan fingerprint density at radius 2 is 2.29 bits per heavy atom. The summed E-state index contributed by atoms with van der Waals surface area (Å²) in [6, 6.07) is 0. The Balaban J connectivity index is 2.15. The number of fused-ring (bicyclic) bond motifs is 1. The molecule has 1 atom stereocenters. The molecule has 1 heterocycles. The van der Waals surface area contributed by atoms with Crippen molar-refractivity contribution in [1.29, 1.82) is 0 Å². The van der Waals surface area contributed by atoms with Gasteiger partial charge in [0.25, 0.3) is 0 Å². The van der Waals surface area contributed by atoms with Gasteiger partial charge in [0.2, 0.25) is 0 Å². The molecule has 0 bridgehead atoms. The fraction of sp³-hybridized carbons (Fsp3) is 0.182. The summed E-state index contributed by atoms with van der Waals surface area (Å²) in [6.45, 7) is 0. The van der Waals surface area contributed by atoms with Crippen LogP contribution >= 0.6 is 11.8 Å². The number of thioether (sulfide) groups is 1. The summed E-state index contributed by atoms with van der Waals surface area (Å²) in [5.74, 6) is -0.740. The average Bonchev–Trinajstić information content (AvgIpc) is 2.34. The molecule has 2 nitrogen and oxygen atoms in total. The third-order valence-electron chi connectivity index (χ3n) is 2.05. The fourth-order valence-corrected chi connectivity index (χ4v) is 2.66. The molecule has 1 N–H and O–H groups in total. The summed E-state index contributed by atoms with van der Waals surface area (Å²) in [6.07, 6.45) is 12.2. The quantitative estimate of drug-likeness (QED) is 0.754. The lowest BCUT2D eigenvalue weighted by Gasteiger charge is -2.01. The van der Waals surface area contributed by atoms with E-state index in [2.05, 4.69) is 0 Å². The van der Waals surface area contributed by atoms with Gasteiger partial charge in [0, 0.05) is 10.2 Å². The van der Waals surface area contributed by atoms with E-state index in [0.29, 0.717) is 0 Å². The average molecular weight is 206 g/mol. The summed E-state index contributed by atoms with van der Waals surface area (Å²) in [4.78, 5) is 11.7. The van der Waals surface area contributed by atoms with E-state index in [1.807, 2.05) is 36.5 Å². The van der Waals surface area contributed by atoms with Crippen LogP contribution in [0.15, 0.2) is 46.9 Å². The lowest BCUT2D eigenvalue weighted by Crippen LogP contribution is -2.04. The highest BCUT2D eigenvalue weighted by molar-refractivity contribution is 8.04. The lowest BCUT2D eigenvalue weighted by molar-refractivity contribution is -0.136. The first-order chi connectivity index (χ1) is 6.75. The van der Waals surface area contributed by atoms with Crippen molar-refractivity contribution in [3.05, 3.63) is 46.9 Å². The highest BCUT2D eigenvalue weighted by Crippen LogP contribution is 2.39. The Bertz CT molecular complexity index is 375. The number of carboxylic acid groups (broad SMARTS) is 1. The number of hydrogen-bond acceptors (Lipinski definition) is 2. The van der Waals surface area contributed by atoms with E-state index >= 15 is 0 Å². The zero-order valence-electron chi connectivity index (χ0n) is 7.51. The van der Waals surface area contributed by atoms with E-state index in [4.69, 9.17) is 5.11 Å². The second-order valence-corrected chi connectivity index (χ2v) is 4.43. The minimum absolute atomic E-state index is 0.0879. The number of hydrogen-bond donors (Lipinski definition) is 1. The fourth-order valence-electron chi connectivity index (χ4n) is 1.46. The molecule has 0 spiro atoms. The Morgan fingerprint density at radius 3 is 3.07 bits per heavy atom. The maximum atomic E-state index is 10.5. The molecule has 3 heteroatoms. The third kappa shape index (κ3) is 1.99. The highest BCUT2D eigenvalue weighted by Gasteiger charge is 2.22.